The minimum absolute atomic E-state index is 0.121. The molecule has 0 bridgehead atoms. The highest BCUT2D eigenvalue weighted by Crippen LogP contribution is 2.43. The van der Waals surface area contributed by atoms with Gasteiger partial charge in [0.1, 0.15) is 18.4 Å². The molecule has 8 heteroatoms. The van der Waals surface area contributed by atoms with Gasteiger partial charge in [-0.3, -0.25) is 4.79 Å². The highest BCUT2D eigenvalue weighted by molar-refractivity contribution is 5.99. The molecule has 3 aromatic carbocycles. The maximum absolute atomic E-state index is 13.3. The molecule has 1 N–H and O–H groups in total. The van der Waals surface area contributed by atoms with Crippen LogP contribution in [-0.4, -0.2) is 34.3 Å². The normalized spacial score (nSPS) is 16.3. The fraction of sp³-hybridized carbons (Fsp3) is 0.258. The number of Topliss-reactive ketones (excluding diaryl/α,β-unsaturated/α-hetero) is 1. The number of rotatable bonds is 8. The number of hydrogen-bond acceptors (Lipinski definition) is 7. The topological polar surface area (TPSA) is 87.5 Å². The Balaban J connectivity index is 1.42. The van der Waals surface area contributed by atoms with Gasteiger partial charge in [-0.05, 0) is 55.2 Å². The Morgan fingerprint density at radius 2 is 1.77 bits per heavy atom. The predicted octanol–water partition coefficient (Wildman–Crippen LogP) is 5.95. The van der Waals surface area contributed by atoms with Gasteiger partial charge in [-0.1, -0.05) is 48.5 Å². The Labute approximate surface area is 227 Å². The predicted molar refractivity (Wildman–Crippen MR) is 148 cm³/mol. The number of nitrogens with zero attached hydrogens (tertiary/aromatic N) is 3. The zero-order valence-corrected chi connectivity index (χ0v) is 22.0. The minimum Gasteiger partial charge on any atom is -0.496 e. The summed E-state index contributed by atoms with van der Waals surface area (Å²) in [5.74, 6) is 3.20. The Hall–Kier alpha value is -4.59. The summed E-state index contributed by atoms with van der Waals surface area (Å²) in [5, 5.41) is 8.29. The van der Waals surface area contributed by atoms with Crippen molar-refractivity contribution in [3.8, 4) is 28.6 Å². The summed E-state index contributed by atoms with van der Waals surface area (Å²) in [7, 11) is 1.63. The third kappa shape index (κ3) is 4.74. The van der Waals surface area contributed by atoms with Crippen molar-refractivity contribution >= 4 is 11.7 Å². The van der Waals surface area contributed by atoms with Gasteiger partial charge in [-0.25, -0.2) is 4.68 Å². The van der Waals surface area contributed by atoms with E-state index in [1.54, 1.807) is 11.8 Å². The van der Waals surface area contributed by atoms with Crippen molar-refractivity contribution in [3.05, 3.63) is 95.2 Å². The molecule has 1 atom stereocenters. The van der Waals surface area contributed by atoms with E-state index >= 15 is 0 Å². The van der Waals surface area contributed by atoms with E-state index in [1.165, 1.54) is 0 Å². The van der Waals surface area contributed by atoms with Crippen LogP contribution in [0.1, 0.15) is 43.4 Å². The molecule has 1 unspecified atom stereocenters. The number of ketones is 1. The molecule has 0 fully saturated rings. The lowest BCUT2D eigenvalue weighted by molar-refractivity contribution is -0.116. The maximum atomic E-state index is 13.3. The van der Waals surface area contributed by atoms with Crippen LogP contribution in [0.5, 0.6) is 17.2 Å². The van der Waals surface area contributed by atoms with Gasteiger partial charge in [0.25, 0.3) is 0 Å². The van der Waals surface area contributed by atoms with Gasteiger partial charge < -0.3 is 19.5 Å². The quantitative estimate of drug-likeness (QED) is 0.306. The van der Waals surface area contributed by atoms with Crippen molar-refractivity contribution in [2.75, 3.05) is 19.0 Å². The summed E-state index contributed by atoms with van der Waals surface area (Å²) < 4.78 is 19.5. The number of ether oxygens (including phenoxy) is 3. The largest absolute Gasteiger partial charge is 0.496 e. The van der Waals surface area contributed by atoms with Gasteiger partial charge in [0, 0.05) is 17.7 Å². The molecule has 2 heterocycles. The summed E-state index contributed by atoms with van der Waals surface area (Å²) in [6.07, 6.45) is 2.10. The monoisotopic (exact) mass is 522 g/mol. The van der Waals surface area contributed by atoms with E-state index in [2.05, 4.69) is 5.32 Å². The summed E-state index contributed by atoms with van der Waals surface area (Å²) in [6.45, 7) is 2.85. The Morgan fingerprint density at radius 1 is 0.949 bits per heavy atom. The number of benzene rings is 3. The van der Waals surface area contributed by atoms with Gasteiger partial charge in [0.2, 0.25) is 5.95 Å². The number of fused-ring (bicyclic) bond motifs is 1. The summed E-state index contributed by atoms with van der Waals surface area (Å²) in [6, 6.07) is 23.1. The average molecular weight is 523 g/mol. The molecular formula is C31H30N4O4. The van der Waals surface area contributed by atoms with E-state index in [-0.39, 0.29) is 5.78 Å². The van der Waals surface area contributed by atoms with Crippen LogP contribution in [0.25, 0.3) is 11.4 Å². The molecule has 4 aromatic rings. The third-order valence-corrected chi connectivity index (χ3v) is 7.04. The molecule has 0 saturated heterocycles. The number of nitrogens with one attached hydrogen (secondary N) is 1. The fourth-order valence-electron chi connectivity index (χ4n) is 5.23. The lowest BCUT2D eigenvalue weighted by Gasteiger charge is -2.32. The Morgan fingerprint density at radius 3 is 2.59 bits per heavy atom. The summed E-state index contributed by atoms with van der Waals surface area (Å²) >= 11 is 0. The van der Waals surface area contributed by atoms with E-state index in [0.717, 1.165) is 40.8 Å². The second-order valence-corrected chi connectivity index (χ2v) is 9.51. The molecule has 39 heavy (non-hydrogen) atoms. The molecule has 0 radical (unpaired) electrons. The Kier molecular flexibility index (Phi) is 6.75. The van der Waals surface area contributed by atoms with Crippen LogP contribution >= 0.6 is 0 Å². The molecule has 6 rings (SSSR count). The van der Waals surface area contributed by atoms with E-state index in [4.69, 9.17) is 24.3 Å². The molecule has 2 aliphatic rings. The van der Waals surface area contributed by atoms with Crippen LogP contribution in [0.3, 0.4) is 0 Å². The third-order valence-electron chi connectivity index (χ3n) is 7.04. The molecule has 1 aliphatic carbocycles. The van der Waals surface area contributed by atoms with E-state index in [1.807, 2.05) is 79.7 Å². The standard InChI is InChI=1S/C31H30N4O4/c1-3-38-27-18-21(16-17-26(27)39-19-20-10-5-4-6-11-20)29-28-23(13-9-14-24(28)36)32-31-33-30(34-35(29)31)22-12-7-8-15-25(22)37-2/h4-8,10-12,15-18,29H,3,9,13-14,19H2,1-2H3,(H,32,33,34). The number of allylic oxidation sites excluding steroid dienone is 2. The first-order chi connectivity index (χ1) is 19.2. The summed E-state index contributed by atoms with van der Waals surface area (Å²) in [5.41, 5.74) is 4.37. The molecule has 0 saturated carbocycles. The number of aromatic nitrogens is 3. The molecule has 198 valence electrons. The van der Waals surface area contributed by atoms with Gasteiger partial charge >= 0.3 is 0 Å². The number of para-hydroxylation sites is 1. The zero-order chi connectivity index (χ0) is 26.8. The smallest absolute Gasteiger partial charge is 0.226 e. The lowest BCUT2D eigenvalue weighted by atomic mass is 9.85. The second-order valence-electron chi connectivity index (χ2n) is 9.51. The van der Waals surface area contributed by atoms with Crippen LogP contribution in [0.2, 0.25) is 0 Å². The average Bonchev–Trinajstić information content (AvgIpc) is 3.40. The van der Waals surface area contributed by atoms with Crippen molar-refractivity contribution in [1.29, 1.82) is 0 Å². The molecule has 0 spiro atoms. The van der Waals surface area contributed by atoms with Crippen molar-refractivity contribution < 1.29 is 19.0 Å². The second kappa shape index (κ2) is 10.6. The molecule has 0 amide bonds. The first kappa shape index (κ1) is 24.7. The van der Waals surface area contributed by atoms with Crippen LogP contribution in [0.15, 0.2) is 84.1 Å². The minimum atomic E-state index is -0.442. The first-order valence-electron chi connectivity index (χ1n) is 13.2. The zero-order valence-electron chi connectivity index (χ0n) is 22.0. The van der Waals surface area contributed by atoms with Crippen molar-refractivity contribution in [3.63, 3.8) is 0 Å². The van der Waals surface area contributed by atoms with Gasteiger partial charge in [0.15, 0.2) is 23.1 Å². The van der Waals surface area contributed by atoms with Gasteiger partial charge in [-0.2, -0.15) is 4.98 Å². The number of carbonyl (C=O) groups excluding carboxylic acids is 1. The van der Waals surface area contributed by atoms with E-state index < -0.39 is 6.04 Å². The highest BCUT2D eigenvalue weighted by Gasteiger charge is 2.37. The van der Waals surface area contributed by atoms with Crippen LogP contribution < -0.4 is 19.5 Å². The summed E-state index contributed by atoms with van der Waals surface area (Å²) in [4.78, 5) is 18.1. The number of carbonyl (C=O) groups is 1. The molecule has 1 aliphatic heterocycles. The first-order valence-corrected chi connectivity index (χ1v) is 13.2. The number of methoxy groups -OCH3 is 1. The van der Waals surface area contributed by atoms with Crippen molar-refractivity contribution in [2.24, 2.45) is 0 Å². The van der Waals surface area contributed by atoms with Gasteiger partial charge in [-0.15, -0.1) is 5.10 Å². The lowest BCUT2D eigenvalue weighted by Crippen LogP contribution is -2.31. The van der Waals surface area contributed by atoms with Crippen molar-refractivity contribution in [1.82, 2.24) is 14.8 Å². The molecule has 1 aromatic heterocycles. The SMILES string of the molecule is CCOc1cc(C2C3=C(CCCC3=O)Nc3nc(-c4ccccc4OC)nn32)ccc1OCc1ccccc1. The van der Waals surface area contributed by atoms with Gasteiger partial charge in [0.05, 0.1) is 19.3 Å². The number of anilines is 1. The van der Waals surface area contributed by atoms with Crippen LogP contribution in [0, 0.1) is 0 Å². The molecular weight excluding hydrogens is 492 g/mol. The van der Waals surface area contributed by atoms with E-state index in [0.29, 0.717) is 48.7 Å². The van der Waals surface area contributed by atoms with Crippen LogP contribution in [0.4, 0.5) is 5.95 Å². The Bertz CT molecular complexity index is 1540. The highest BCUT2D eigenvalue weighted by atomic mass is 16.5. The number of hydrogen-bond donors (Lipinski definition) is 1. The molecule has 8 nitrogen and oxygen atoms in total. The van der Waals surface area contributed by atoms with Crippen LogP contribution in [-0.2, 0) is 11.4 Å². The van der Waals surface area contributed by atoms with Crippen molar-refractivity contribution in [2.45, 2.75) is 38.8 Å². The van der Waals surface area contributed by atoms with E-state index in [9.17, 15) is 4.79 Å². The fourth-order valence-corrected chi connectivity index (χ4v) is 5.23. The maximum Gasteiger partial charge on any atom is 0.226 e.